The molecule has 17 heavy (non-hydrogen) atoms. The van der Waals surface area contributed by atoms with Gasteiger partial charge in [-0.3, -0.25) is 14.9 Å². The first-order chi connectivity index (χ1) is 7.81. The summed E-state index contributed by atoms with van der Waals surface area (Å²) in [5.74, 6) is -0.229. The summed E-state index contributed by atoms with van der Waals surface area (Å²) < 4.78 is 27.0. The molecule has 0 saturated carbocycles. The van der Waals surface area contributed by atoms with Gasteiger partial charge in [0.05, 0.1) is 17.6 Å². The number of rotatable bonds is 4. The average molecular weight is 280 g/mol. The number of hydrogen-bond acceptors (Lipinski definition) is 6. The van der Waals surface area contributed by atoms with Crippen LogP contribution in [-0.4, -0.2) is 26.7 Å². The van der Waals surface area contributed by atoms with Crippen LogP contribution in [0.2, 0.25) is 0 Å². The Labute approximate surface area is 101 Å². The van der Waals surface area contributed by atoms with E-state index in [1.165, 1.54) is 0 Å². The van der Waals surface area contributed by atoms with Crippen molar-refractivity contribution in [1.29, 1.82) is 0 Å². The number of methoxy groups -OCH3 is 1. The Bertz CT molecular complexity index is 582. The highest BCUT2D eigenvalue weighted by atomic mass is 35.7. The van der Waals surface area contributed by atoms with Gasteiger partial charge in [-0.2, -0.15) is 0 Å². The number of nitrogens with zero attached hydrogens (tertiary/aromatic N) is 1. The van der Waals surface area contributed by atoms with E-state index in [2.05, 4.69) is 0 Å². The van der Waals surface area contributed by atoms with Crippen molar-refractivity contribution in [2.75, 3.05) is 7.11 Å². The molecule has 0 aliphatic rings. The van der Waals surface area contributed by atoms with Gasteiger partial charge in [0.25, 0.3) is 14.7 Å². The first kappa shape index (κ1) is 13.4. The molecular formula is C8H6ClNO6S. The van der Waals surface area contributed by atoms with Crippen LogP contribution in [0.3, 0.4) is 0 Å². The predicted molar refractivity (Wildman–Crippen MR) is 58.1 cm³/mol. The predicted octanol–water partition coefficient (Wildman–Crippen LogP) is 1.34. The zero-order chi connectivity index (χ0) is 13.2. The molecule has 0 atom stereocenters. The lowest BCUT2D eigenvalue weighted by molar-refractivity contribution is -0.385. The van der Waals surface area contributed by atoms with E-state index >= 15 is 0 Å². The highest BCUT2D eigenvalue weighted by Gasteiger charge is 2.24. The summed E-state index contributed by atoms with van der Waals surface area (Å²) in [6, 6.07) is 1.63. The van der Waals surface area contributed by atoms with Gasteiger partial charge in [-0.15, -0.1) is 0 Å². The SMILES string of the molecule is COc1cc(C=O)c([N+](=O)[O-])cc1S(=O)(=O)Cl. The fourth-order valence-corrected chi connectivity index (χ4v) is 2.16. The molecule has 0 bridgehead atoms. The number of aldehydes is 1. The largest absolute Gasteiger partial charge is 0.495 e. The molecule has 0 spiro atoms. The normalized spacial score (nSPS) is 10.9. The molecule has 7 nitrogen and oxygen atoms in total. The minimum absolute atomic E-state index is 0.227. The maximum atomic E-state index is 11.2. The van der Waals surface area contributed by atoms with Crippen molar-refractivity contribution in [2.24, 2.45) is 0 Å². The third-order valence-corrected chi connectivity index (χ3v) is 3.24. The van der Waals surface area contributed by atoms with E-state index in [4.69, 9.17) is 15.4 Å². The number of nitro groups is 1. The van der Waals surface area contributed by atoms with Gasteiger partial charge in [-0.05, 0) is 6.07 Å². The molecule has 1 rings (SSSR count). The summed E-state index contributed by atoms with van der Waals surface area (Å²) in [5, 5.41) is 10.6. The average Bonchev–Trinajstić information content (AvgIpc) is 2.25. The maximum absolute atomic E-state index is 11.2. The molecule has 1 aromatic rings. The van der Waals surface area contributed by atoms with Gasteiger partial charge >= 0.3 is 0 Å². The minimum Gasteiger partial charge on any atom is -0.495 e. The summed E-state index contributed by atoms with van der Waals surface area (Å²) in [6.07, 6.45) is 0.227. The third-order valence-electron chi connectivity index (χ3n) is 1.90. The summed E-state index contributed by atoms with van der Waals surface area (Å²) in [7, 11) is 2.05. The van der Waals surface area contributed by atoms with Crippen LogP contribution in [0.4, 0.5) is 5.69 Å². The quantitative estimate of drug-likeness (QED) is 0.356. The zero-order valence-electron chi connectivity index (χ0n) is 8.41. The van der Waals surface area contributed by atoms with E-state index in [1.807, 2.05) is 0 Å². The van der Waals surface area contributed by atoms with Gasteiger partial charge in [-0.25, -0.2) is 8.42 Å². The number of carbonyl (C=O) groups excluding carboxylic acids is 1. The number of hydrogen-bond donors (Lipinski definition) is 0. The molecule has 0 unspecified atom stereocenters. The summed E-state index contributed by atoms with van der Waals surface area (Å²) >= 11 is 0. The van der Waals surface area contributed by atoms with E-state index in [9.17, 15) is 23.3 Å². The van der Waals surface area contributed by atoms with Crippen LogP contribution in [0.5, 0.6) is 5.75 Å². The van der Waals surface area contributed by atoms with Crippen molar-refractivity contribution >= 4 is 31.7 Å². The molecule has 1 aromatic carbocycles. The highest BCUT2D eigenvalue weighted by molar-refractivity contribution is 8.13. The summed E-state index contributed by atoms with van der Waals surface area (Å²) in [6.45, 7) is 0. The van der Waals surface area contributed by atoms with E-state index in [1.54, 1.807) is 0 Å². The van der Waals surface area contributed by atoms with Gasteiger partial charge in [-0.1, -0.05) is 0 Å². The third kappa shape index (κ3) is 2.71. The van der Waals surface area contributed by atoms with Crippen LogP contribution >= 0.6 is 10.7 Å². The van der Waals surface area contributed by atoms with Crippen molar-refractivity contribution in [3.05, 3.63) is 27.8 Å². The Morgan fingerprint density at radius 2 is 2.06 bits per heavy atom. The van der Waals surface area contributed by atoms with Gasteiger partial charge in [0.15, 0.2) is 6.29 Å². The van der Waals surface area contributed by atoms with Gasteiger partial charge in [0.1, 0.15) is 10.6 Å². The fourth-order valence-electron chi connectivity index (χ4n) is 1.17. The molecule has 92 valence electrons. The minimum atomic E-state index is -4.20. The van der Waals surface area contributed by atoms with E-state index < -0.39 is 24.6 Å². The van der Waals surface area contributed by atoms with Crippen molar-refractivity contribution < 1.29 is 22.9 Å². The molecule has 0 aliphatic heterocycles. The van der Waals surface area contributed by atoms with Crippen molar-refractivity contribution in [3.63, 3.8) is 0 Å². The molecule has 0 fully saturated rings. The zero-order valence-corrected chi connectivity index (χ0v) is 9.99. The molecule has 0 heterocycles. The second-order valence-corrected chi connectivity index (χ2v) is 5.41. The number of halogens is 1. The highest BCUT2D eigenvalue weighted by Crippen LogP contribution is 2.32. The lowest BCUT2D eigenvalue weighted by atomic mass is 10.2. The Hall–Kier alpha value is -1.67. The molecule has 0 aromatic heterocycles. The molecular weight excluding hydrogens is 274 g/mol. The van der Waals surface area contributed by atoms with Gasteiger partial charge in [0, 0.05) is 16.7 Å². The molecule has 0 saturated heterocycles. The maximum Gasteiger partial charge on any atom is 0.281 e. The lowest BCUT2D eigenvalue weighted by Crippen LogP contribution is -2.01. The number of benzene rings is 1. The summed E-state index contributed by atoms with van der Waals surface area (Å²) in [5.41, 5.74) is -0.948. The summed E-state index contributed by atoms with van der Waals surface area (Å²) in [4.78, 5) is 19.8. The van der Waals surface area contributed by atoms with E-state index in [0.717, 1.165) is 13.2 Å². The van der Waals surface area contributed by atoms with Crippen LogP contribution in [0.1, 0.15) is 10.4 Å². The van der Waals surface area contributed by atoms with Crippen LogP contribution < -0.4 is 4.74 Å². The van der Waals surface area contributed by atoms with E-state index in [-0.39, 0.29) is 17.6 Å². The van der Waals surface area contributed by atoms with Gasteiger partial charge in [0.2, 0.25) is 0 Å². The second kappa shape index (κ2) is 4.68. The topological polar surface area (TPSA) is 104 Å². The monoisotopic (exact) mass is 279 g/mol. The Morgan fingerprint density at radius 1 is 1.47 bits per heavy atom. The molecule has 9 heteroatoms. The van der Waals surface area contributed by atoms with Crippen molar-refractivity contribution in [1.82, 2.24) is 0 Å². The smallest absolute Gasteiger partial charge is 0.281 e. The molecule has 0 N–H and O–H groups in total. The second-order valence-electron chi connectivity index (χ2n) is 2.87. The van der Waals surface area contributed by atoms with Crippen molar-refractivity contribution in [2.45, 2.75) is 4.90 Å². The first-order valence-electron chi connectivity index (χ1n) is 4.07. The van der Waals surface area contributed by atoms with E-state index in [0.29, 0.717) is 6.07 Å². The van der Waals surface area contributed by atoms with Crippen LogP contribution in [0, 0.1) is 10.1 Å². The Balaban J connectivity index is 3.68. The van der Waals surface area contributed by atoms with Crippen LogP contribution in [-0.2, 0) is 9.05 Å². The molecule has 0 aliphatic carbocycles. The lowest BCUT2D eigenvalue weighted by Gasteiger charge is -2.06. The van der Waals surface area contributed by atoms with Crippen LogP contribution in [0.25, 0.3) is 0 Å². The number of nitro benzene ring substituents is 1. The first-order valence-corrected chi connectivity index (χ1v) is 6.38. The number of ether oxygens (including phenoxy) is 1. The number of carbonyl (C=O) groups is 1. The molecule has 0 radical (unpaired) electrons. The Kier molecular flexibility index (Phi) is 3.69. The van der Waals surface area contributed by atoms with Gasteiger partial charge < -0.3 is 4.74 Å². The van der Waals surface area contributed by atoms with Crippen molar-refractivity contribution in [3.8, 4) is 5.75 Å². The fraction of sp³-hybridized carbons (Fsp3) is 0.125. The van der Waals surface area contributed by atoms with Crippen LogP contribution in [0.15, 0.2) is 17.0 Å². The standard InChI is InChI=1S/C8H6ClNO6S/c1-16-7-2-5(4-11)6(10(12)13)3-8(7)17(9,14)15/h2-4H,1H3. The Morgan fingerprint density at radius 3 is 2.41 bits per heavy atom. The molecule has 0 amide bonds.